The number of benzene rings is 1. The van der Waals surface area contributed by atoms with E-state index < -0.39 is 0 Å². The molecule has 4 rings (SSSR count). The SMILES string of the molecule is Cc1ccc(C)c(-n2c(C)nnc2SCC(=O)N(Cc2ccco2)Cc2ccco2)c1. The van der Waals surface area contributed by atoms with Gasteiger partial charge in [0.1, 0.15) is 17.3 Å². The van der Waals surface area contributed by atoms with E-state index in [4.69, 9.17) is 8.83 Å². The lowest BCUT2D eigenvalue weighted by atomic mass is 10.1. The van der Waals surface area contributed by atoms with Gasteiger partial charge in [-0.25, -0.2) is 0 Å². The van der Waals surface area contributed by atoms with Crippen LogP contribution in [0.3, 0.4) is 0 Å². The number of carbonyl (C=O) groups is 1. The topological polar surface area (TPSA) is 77.3 Å². The van der Waals surface area contributed by atoms with E-state index in [-0.39, 0.29) is 11.7 Å². The molecular formula is C23H24N4O3S. The van der Waals surface area contributed by atoms with E-state index in [0.717, 1.165) is 34.2 Å². The quantitative estimate of drug-likeness (QED) is 0.373. The molecule has 0 radical (unpaired) electrons. The maximum atomic E-state index is 13.1. The van der Waals surface area contributed by atoms with Gasteiger partial charge in [-0.3, -0.25) is 9.36 Å². The van der Waals surface area contributed by atoms with Crippen LogP contribution in [-0.4, -0.2) is 31.3 Å². The van der Waals surface area contributed by atoms with Gasteiger partial charge in [0.25, 0.3) is 0 Å². The molecule has 0 saturated carbocycles. The molecule has 0 saturated heterocycles. The Hall–Kier alpha value is -3.26. The fourth-order valence-electron chi connectivity index (χ4n) is 3.31. The van der Waals surface area contributed by atoms with E-state index in [0.29, 0.717) is 18.2 Å². The van der Waals surface area contributed by atoms with Crippen molar-refractivity contribution in [2.45, 2.75) is 39.0 Å². The molecule has 3 heterocycles. The molecule has 0 atom stereocenters. The lowest BCUT2D eigenvalue weighted by Gasteiger charge is -2.20. The third-order valence-corrected chi connectivity index (χ3v) is 5.85. The second-order valence-electron chi connectivity index (χ2n) is 7.35. The minimum Gasteiger partial charge on any atom is -0.467 e. The Morgan fingerprint density at radius 2 is 1.68 bits per heavy atom. The van der Waals surface area contributed by atoms with E-state index in [9.17, 15) is 4.79 Å². The van der Waals surface area contributed by atoms with Crippen LogP contribution in [0.2, 0.25) is 0 Å². The molecule has 0 N–H and O–H groups in total. The Morgan fingerprint density at radius 1 is 1.00 bits per heavy atom. The summed E-state index contributed by atoms with van der Waals surface area (Å²) in [5.74, 6) is 2.42. The Bertz CT molecular complexity index is 1110. The molecule has 0 fully saturated rings. The maximum Gasteiger partial charge on any atom is 0.233 e. The van der Waals surface area contributed by atoms with Crippen LogP contribution < -0.4 is 0 Å². The number of carbonyl (C=O) groups excluding carboxylic acids is 1. The summed E-state index contributed by atoms with van der Waals surface area (Å²) in [5.41, 5.74) is 3.31. The lowest BCUT2D eigenvalue weighted by molar-refractivity contribution is -0.130. The number of rotatable bonds is 8. The van der Waals surface area contributed by atoms with Gasteiger partial charge < -0.3 is 13.7 Å². The second kappa shape index (κ2) is 9.26. The van der Waals surface area contributed by atoms with E-state index in [1.54, 1.807) is 17.4 Å². The Kier molecular flexibility index (Phi) is 6.27. The molecule has 1 aromatic carbocycles. The zero-order chi connectivity index (χ0) is 21.8. The molecule has 3 aromatic heterocycles. The smallest absolute Gasteiger partial charge is 0.233 e. The number of furan rings is 2. The first-order valence-electron chi connectivity index (χ1n) is 9.96. The molecule has 0 aliphatic rings. The third kappa shape index (κ3) is 4.91. The second-order valence-corrected chi connectivity index (χ2v) is 8.29. The summed E-state index contributed by atoms with van der Waals surface area (Å²) in [6, 6.07) is 13.6. The first kappa shape index (κ1) is 21.0. The van der Waals surface area contributed by atoms with Crippen molar-refractivity contribution >= 4 is 17.7 Å². The van der Waals surface area contributed by atoms with Gasteiger partial charge in [-0.15, -0.1) is 10.2 Å². The van der Waals surface area contributed by atoms with Crippen LogP contribution in [0.15, 0.2) is 69.0 Å². The van der Waals surface area contributed by atoms with Gasteiger partial charge in [0.05, 0.1) is 37.1 Å². The third-order valence-electron chi connectivity index (χ3n) is 4.93. The van der Waals surface area contributed by atoms with Crippen LogP contribution in [0.25, 0.3) is 5.69 Å². The van der Waals surface area contributed by atoms with Crippen molar-refractivity contribution in [3.05, 3.63) is 83.5 Å². The zero-order valence-electron chi connectivity index (χ0n) is 17.7. The Morgan fingerprint density at radius 3 is 2.29 bits per heavy atom. The summed E-state index contributed by atoms with van der Waals surface area (Å²) in [5, 5.41) is 9.25. The van der Waals surface area contributed by atoms with Crippen LogP contribution >= 0.6 is 11.8 Å². The molecule has 0 aliphatic carbocycles. The minimum absolute atomic E-state index is 0.0361. The Balaban J connectivity index is 1.52. The van der Waals surface area contributed by atoms with Gasteiger partial charge in [-0.2, -0.15) is 0 Å². The average molecular weight is 437 g/mol. The van der Waals surface area contributed by atoms with Crippen molar-refractivity contribution in [3.63, 3.8) is 0 Å². The summed E-state index contributed by atoms with van der Waals surface area (Å²) >= 11 is 1.38. The average Bonchev–Trinajstić information content (AvgIpc) is 3.51. The summed E-state index contributed by atoms with van der Waals surface area (Å²) in [6.45, 7) is 6.77. The number of thioether (sulfide) groups is 1. The van der Waals surface area contributed by atoms with Gasteiger partial charge in [-0.1, -0.05) is 23.9 Å². The van der Waals surface area contributed by atoms with E-state index in [1.165, 1.54) is 11.8 Å². The monoisotopic (exact) mass is 436 g/mol. The number of hydrogen-bond donors (Lipinski definition) is 0. The van der Waals surface area contributed by atoms with Crippen molar-refractivity contribution in [1.82, 2.24) is 19.7 Å². The van der Waals surface area contributed by atoms with Crippen LogP contribution in [0.5, 0.6) is 0 Å². The van der Waals surface area contributed by atoms with E-state index >= 15 is 0 Å². The molecule has 160 valence electrons. The first-order chi connectivity index (χ1) is 15.0. The highest BCUT2D eigenvalue weighted by Gasteiger charge is 2.20. The van der Waals surface area contributed by atoms with Crippen LogP contribution in [-0.2, 0) is 17.9 Å². The van der Waals surface area contributed by atoms with Gasteiger partial charge in [0.2, 0.25) is 5.91 Å². The molecule has 1 amide bonds. The first-order valence-corrected chi connectivity index (χ1v) is 10.9. The largest absolute Gasteiger partial charge is 0.467 e. The molecule has 0 aliphatic heterocycles. The van der Waals surface area contributed by atoms with Crippen molar-refractivity contribution in [1.29, 1.82) is 0 Å². The summed E-state index contributed by atoms with van der Waals surface area (Å²) in [6.07, 6.45) is 3.21. The fourth-order valence-corrected chi connectivity index (χ4v) is 4.20. The zero-order valence-corrected chi connectivity index (χ0v) is 18.6. The van der Waals surface area contributed by atoms with Crippen LogP contribution in [0.4, 0.5) is 0 Å². The summed E-state index contributed by atoms with van der Waals surface area (Å²) < 4.78 is 12.9. The highest BCUT2D eigenvalue weighted by atomic mass is 32.2. The predicted octanol–water partition coefficient (Wildman–Crippen LogP) is 4.70. The van der Waals surface area contributed by atoms with Crippen molar-refractivity contribution in [2.24, 2.45) is 0 Å². The highest BCUT2D eigenvalue weighted by Crippen LogP contribution is 2.25. The lowest BCUT2D eigenvalue weighted by Crippen LogP contribution is -2.31. The number of amides is 1. The van der Waals surface area contributed by atoms with Crippen molar-refractivity contribution in [2.75, 3.05) is 5.75 Å². The molecule has 0 bridgehead atoms. The fraction of sp³-hybridized carbons (Fsp3) is 0.261. The Labute approximate surface area is 185 Å². The van der Waals surface area contributed by atoms with Gasteiger partial charge in [0, 0.05) is 0 Å². The molecule has 31 heavy (non-hydrogen) atoms. The van der Waals surface area contributed by atoms with Crippen molar-refractivity contribution in [3.8, 4) is 5.69 Å². The number of nitrogens with zero attached hydrogens (tertiary/aromatic N) is 4. The number of aromatic nitrogens is 3. The number of hydrogen-bond acceptors (Lipinski definition) is 6. The van der Waals surface area contributed by atoms with E-state index in [1.807, 2.05) is 35.8 Å². The molecule has 0 unspecified atom stereocenters. The predicted molar refractivity (Wildman–Crippen MR) is 118 cm³/mol. The van der Waals surface area contributed by atoms with Gasteiger partial charge >= 0.3 is 0 Å². The normalized spacial score (nSPS) is 11.1. The molecule has 4 aromatic rings. The van der Waals surface area contributed by atoms with Crippen molar-refractivity contribution < 1.29 is 13.6 Å². The highest BCUT2D eigenvalue weighted by molar-refractivity contribution is 7.99. The summed E-state index contributed by atoms with van der Waals surface area (Å²) in [7, 11) is 0. The van der Waals surface area contributed by atoms with Crippen LogP contribution in [0, 0.1) is 20.8 Å². The summed E-state index contributed by atoms with van der Waals surface area (Å²) in [4.78, 5) is 14.8. The maximum absolute atomic E-state index is 13.1. The molecule has 0 spiro atoms. The minimum atomic E-state index is -0.0361. The molecule has 8 heteroatoms. The van der Waals surface area contributed by atoms with E-state index in [2.05, 4.69) is 42.2 Å². The standard InChI is InChI=1S/C23H24N4O3S/c1-16-8-9-17(2)21(12-16)27-18(3)24-25-23(27)31-15-22(28)26(13-19-6-4-10-29-19)14-20-7-5-11-30-20/h4-12H,13-15H2,1-3H3. The number of aryl methyl sites for hydroxylation is 3. The van der Waals surface area contributed by atoms with Gasteiger partial charge in [0.15, 0.2) is 5.16 Å². The van der Waals surface area contributed by atoms with Gasteiger partial charge in [-0.05, 0) is 62.2 Å². The van der Waals surface area contributed by atoms with Crippen LogP contribution in [0.1, 0.15) is 28.5 Å². The molecule has 7 nitrogen and oxygen atoms in total. The molecular weight excluding hydrogens is 412 g/mol.